The van der Waals surface area contributed by atoms with Crippen molar-refractivity contribution in [1.82, 2.24) is 39.9 Å². The zero-order valence-corrected chi connectivity index (χ0v) is 46.3. The van der Waals surface area contributed by atoms with Gasteiger partial charge in [0.2, 0.25) is 0 Å². The molecule has 4 aromatic heterocycles. The van der Waals surface area contributed by atoms with E-state index >= 15 is 0 Å². The van der Waals surface area contributed by atoms with E-state index in [0.29, 0.717) is 34.9 Å². The molecule has 0 bridgehead atoms. The highest BCUT2D eigenvalue weighted by atomic mass is 79.9. The largest absolute Gasteiger partial charge is 0.494 e. The van der Waals surface area contributed by atoms with Crippen LogP contribution in [-0.2, 0) is 9.31 Å². The van der Waals surface area contributed by atoms with Crippen molar-refractivity contribution in [3.8, 4) is 79.6 Å². The van der Waals surface area contributed by atoms with Crippen LogP contribution in [0, 0.1) is 13.8 Å². The number of halogens is 3. The summed E-state index contributed by atoms with van der Waals surface area (Å²) < 4.78 is 15.4. The zero-order chi connectivity index (χ0) is 51.8. The topological polar surface area (TPSA) is 122 Å². The number of pyridine rings is 2. The molecule has 0 aliphatic carbocycles. The standard InChI is InChI=1S/C27H26BN3O2.C27H19BrN4.C6H5Br2N/c1-26(2)27(3,4)33-28(32-26)22-17-11-16-21(18-22)25-30-23(19-12-7-5-8-13-19)29-24(31-25)20-14-9-6-10-15-20;1-18-15-24(29-17-23(18)28)21-13-8-14-22(16-21)27-31-25(19-9-4-2-5-10-19)30-26(32-27)20-11-6-3-7-12-20;1-4-2-6(8)9-3-5(4)7/h5-18H,1-4H3;2-17H,1H3;2-3H,1H3. The van der Waals surface area contributed by atoms with Crippen LogP contribution in [0.2, 0.25) is 0 Å². The Kier molecular flexibility index (Phi) is 16.2. The van der Waals surface area contributed by atoms with Crippen molar-refractivity contribution in [2.75, 3.05) is 0 Å². The molecule has 1 aliphatic heterocycles. The van der Waals surface area contributed by atoms with Gasteiger partial charge in [0, 0.05) is 60.3 Å². The molecule has 0 radical (unpaired) electrons. The number of hydrogen-bond acceptors (Lipinski definition) is 10. The summed E-state index contributed by atoms with van der Waals surface area (Å²) >= 11 is 10.1. The molecule has 0 N–H and O–H groups in total. The molecular weight excluding hydrogens is 1120 g/mol. The van der Waals surface area contributed by atoms with Crippen LogP contribution >= 0.6 is 47.8 Å². The third-order valence-corrected chi connectivity index (χ3v) is 14.6. The summed E-state index contributed by atoms with van der Waals surface area (Å²) in [5.74, 6) is 3.82. The normalized spacial score (nSPS) is 13.3. The molecule has 366 valence electrons. The molecule has 0 saturated carbocycles. The summed E-state index contributed by atoms with van der Waals surface area (Å²) in [5, 5.41) is 0. The lowest BCUT2D eigenvalue weighted by Gasteiger charge is -2.32. The van der Waals surface area contributed by atoms with Crippen LogP contribution in [0.25, 0.3) is 79.6 Å². The van der Waals surface area contributed by atoms with Gasteiger partial charge in [0.05, 0.1) is 16.9 Å². The molecule has 14 heteroatoms. The number of nitrogens with zero attached hydrogens (tertiary/aromatic N) is 8. The van der Waals surface area contributed by atoms with Gasteiger partial charge in [0.25, 0.3) is 0 Å². The minimum absolute atomic E-state index is 0.401. The number of aryl methyl sites for hydroxylation is 2. The molecule has 11 rings (SSSR count). The van der Waals surface area contributed by atoms with Crippen molar-refractivity contribution >= 4 is 60.4 Å². The molecule has 5 heterocycles. The SMILES string of the molecule is CC1(C)OB(c2cccc(-c3nc(-c4ccccc4)nc(-c4ccccc4)n3)c2)OC1(C)C.Cc1cc(-c2cccc(-c3nc(-c4ccccc4)nc(-c4ccccc4)n3)c2)ncc1Br.Cc1cc(Br)ncc1Br. The van der Waals surface area contributed by atoms with Crippen LogP contribution in [0.5, 0.6) is 0 Å². The molecule has 1 aliphatic rings. The highest BCUT2D eigenvalue weighted by molar-refractivity contribution is 9.11. The number of aromatic nitrogens is 8. The molecule has 1 saturated heterocycles. The fraction of sp³-hybridized carbons (Fsp3) is 0.133. The maximum Gasteiger partial charge on any atom is 0.494 e. The van der Waals surface area contributed by atoms with Crippen LogP contribution in [0.15, 0.2) is 208 Å². The van der Waals surface area contributed by atoms with Gasteiger partial charge in [0.15, 0.2) is 34.9 Å². The average molecular weight is 1170 g/mol. The minimum atomic E-state index is -0.445. The summed E-state index contributed by atoms with van der Waals surface area (Å²) in [7, 11) is -0.445. The van der Waals surface area contributed by atoms with Gasteiger partial charge in [-0.3, -0.25) is 4.98 Å². The first-order valence-corrected chi connectivity index (χ1v) is 26.3. The first kappa shape index (κ1) is 51.9. The lowest BCUT2D eigenvalue weighted by Crippen LogP contribution is -2.41. The van der Waals surface area contributed by atoms with E-state index in [0.717, 1.165) is 69.2 Å². The number of hydrogen-bond donors (Lipinski definition) is 0. The van der Waals surface area contributed by atoms with E-state index in [2.05, 4.69) is 111 Å². The Morgan fingerprint density at radius 3 is 1.09 bits per heavy atom. The number of rotatable bonds is 8. The Balaban J connectivity index is 0.000000156. The van der Waals surface area contributed by atoms with E-state index in [4.69, 9.17) is 39.2 Å². The van der Waals surface area contributed by atoms with Gasteiger partial charge in [-0.05, 0) is 124 Å². The predicted octanol–water partition coefficient (Wildman–Crippen LogP) is 15.1. The van der Waals surface area contributed by atoms with Crippen LogP contribution in [-0.4, -0.2) is 58.2 Å². The average Bonchev–Trinajstić information content (AvgIpc) is 3.67. The fourth-order valence-electron chi connectivity index (χ4n) is 7.70. The first-order chi connectivity index (χ1) is 35.7. The van der Waals surface area contributed by atoms with Gasteiger partial charge < -0.3 is 9.31 Å². The van der Waals surface area contributed by atoms with Crippen molar-refractivity contribution in [3.63, 3.8) is 0 Å². The van der Waals surface area contributed by atoms with E-state index in [1.165, 1.54) is 5.56 Å². The molecule has 6 aromatic carbocycles. The number of benzene rings is 6. The maximum absolute atomic E-state index is 6.25. The third-order valence-electron chi connectivity index (χ3n) is 12.5. The van der Waals surface area contributed by atoms with Crippen molar-refractivity contribution in [2.45, 2.75) is 52.7 Å². The fourth-order valence-corrected chi connectivity index (χ4v) is 8.58. The molecule has 0 amide bonds. The van der Waals surface area contributed by atoms with E-state index in [9.17, 15) is 0 Å². The Morgan fingerprint density at radius 2 is 0.703 bits per heavy atom. The third kappa shape index (κ3) is 12.5. The Labute approximate surface area is 457 Å². The van der Waals surface area contributed by atoms with Crippen LogP contribution in [0.4, 0.5) is 0 Å². The second kappa shape index (κ2) is 23.1. The molecule has 1 fully saturated rings. The summed E-state index contributed by atoms with van der Waals surface area (Å²) in [6.07, 6.45) is 3.61. The summed E-state index contributed by atoms with van der Waals surface area (Å²) in [5.41, 5.74) is 9.99. The lowest BCUT2D eigenvalue weighted by molar-refractivity contribution is 0.00578. The molecular formula is C60H50BBr3N8O2. The first-order valence-electron chi connectivity index (χ1n) is 23.9. The molecule has 0 atom stereocenters. The van der Waals surface area contributed by atoms with Gasteiger partial charge in [-0.15, -0.1) is 0 Å². The quantitative estimate of drug-likeness (QED) is 0.107. The molecule has 10 nitrogen and oxygen atoms in total. The Bertz CT molecular complexity index is 3410. The van der Waals surface area contributed by atoms with Crippen molar-refractivity contribution in [3.05, 3.63) is 219 Å². The Hall–Kier alpha value is -6.94. The molecule has 0 unspecified atom stereocenters. The van der Waals surface area contributed by atoms with Gasteiger partial charge in [-0.1, -0.05) is 164 Å². The van der Waals surface area contributed by atoms with Crippen molar-refractivity contribution in [2.24, 2.45) is 0 Å². The monoisotopic (exact) mass is 1160 g/mol. The lowest BCUT2D eigenvalue weighted by atomic mass is 9.78. The second-order valence-electron chi connectivity index (χ2n) is 18.4. The van der Waals surface area contributed by atoms with Gasteiger partial charge in [-0.2, -0.15) is 0 Å². The summed E-state index contributed by atoms with van der Waals surface area (Å²) in [4.78, 5) is 37.4. The van der Waals surface area contributed by atoms with Crippen LogP contribution in [0.1, 0.15) is 38.8 Å². The zero-order valence-electron chi connectivity index (χ0n) is 41.6. The van der Waals surface area contributed by atoms with Crippen molar-refractivity contribution in [1.29, 1.82) is 0 Å². The van der Waals surface area contributed by atoms with E-state index in [-0.39, 0.29) is 0 Å². The summed E-state index contributed by atoms with van der Waals surface area (Å²) in [6.45, 7) is 12.3. The van der Waals surface area contributed by atoms with E-state index < -0.39 is 18.3 Å². The predicted molar refractivity (Wildman–Crippen MR) is 308 cm³/mol. The molecule has 10 aromatic rings. The van der Waals surface area contributed by atoms with Gasteiger partial charge in [0.1, 0.15) is 4.60 Å². The highest BCUT2D eigenvalue weighted by Crippen LogP contribution is 2.37. The highest BCUT2D eigenvalue weighted by Gasteiger charge is 2.51. The van der Waals surface area contributed by atoms with Crippen LogP contribution < -0.4 is 5.46 Å². The maximum atomic E-state index is 6.25. The molecule has 0 spiro atoms. The Morgan fingerprint density at radius 1 is 0.365 bits per heavy atom. The van der Waals surface area contributed by atoms with Gasteiger partial charge >= 0.3 is 7.12 Å². The van der Waals surface area contributed by atoms with Gasteiger partial charge in [-0.25, -0.2) is 34.9 Å². The van der Waals surface area contributed by atoms with E-state index in [1.54, 1.807) is 6.20 Å². The second-order valence-corrected chi connectivity index (χ2v) is 21.0. The van der Waals surface area contributed by atoms with Crippen molar-refractivity contribution < 1.29 is 9.31 Å². The minimum Gasteiger partial charge on any atom is -0.399 e. The smallest absolute Gasteiger partial charge is 0.399 e. The van der Waals surface area contributed by atoms with Crippen LogP contribution in [0.3, 0.4) is 0 Å². The molecule has 74 heavy (non-hydrogen) atoms. The van der Waals surface area contributed by atoms with E-state index in [1.807, 2.05) is 177 Å². The summed E-state index contributed by atoms with van der Waals surface area (Å²) in [6, 6.07) is 60.2.